The molecule has 118 valence electrons. The van der Waals surface area contributed by atoms with Gasteiger partial charge in [-0.3, -0.25) is 9.59 Å². The molecule has 0 aromatic rings. The minimum absolute atomic E-state index is 0.0813. The number of rotatable bonds is 7. The van der Waals surface area contributed by atoms with Gasteiger partial charge in [0, 0.05) is 25.6 Å². The topological polar surface area (TPSA) is 95.9 Å². The van der Waals surface area contributed by atoms with Gasteiger partial charge in [-0.1, -0.05) is 0 Å². The molecule has 1 aliphatic carbocycles. The lowest BCUT2D eigenvalue weighted by Crippen LogP contribution is -2.46. The lowest BCUT2D eigenvalue weighted by atomic mass is 9.97. The first-order valence-corrected chi connectivity index (χ1v) is 7.44. The molecule has 2 N–H and O–H groups in total. The number of carbonyl (C=O) groups excluding carboxylic acids is 2. The van der Waals surface area contributed by atoms with Crippen LogP contribution in [-0.2, 0) is 19.1 Å². The SMILES string of the molecule is O=C(O)COCCNC(=O)C1CCCN(C(=O)C2CC2)C1. The van der Waals surface area contributed by atoms with Gasteiger partial charge in [0.05, 0.1) is 12.5 Å². The largest absolute Gasteiger partial charge is 0.480 e. The van der Waals surface area contributed by atoms with Crippen molar-refractivity contribution in [2.45, 2.75) is 25.7 Å². The molecule has 0 spiro atoms. The maximum atomic E-state index is 12.0. The molecule has 2 rings (SSSR count). The maximum absolute atomic E-state index is 12.0. The zero-order valence-corrected chi connectivity index (χ0v) is 12.0. The van der Waals surface area contributed by atoms with Crippen molar-refractivity contribution in [2.75, 3.05) is 32.8 Å². The van der Waals surface area contributed by atoms with Crippen LogP contribution in [0.4, 0.5) is 0 Å². The lowest BCUT2D eigenvalue weighted by molar-refractivity contribution is -0.142. The highest BCUT2D eigenvalue weighted by Crippen LogP contribution is 2.32. The van der Waals surface area contributed by atoms with Crippen molar-refractivity contribution in [1.29, 1.82) is 0 Å². The average molecular weight is 298 g/mol. The van der Waals surface area contributed by atoms with Gasteiger partial charge in [0.25, 0.3) is 0 Å². The van der Waals surface area contributed by atoms with Crippen LogP contribution in [0.15, 0.2) is 0 Å². The average Bonchev–Trinajstić information content (AvgIpc) is 3.30. The number of amides is 2. The molecular weight excluding hydrogens is 276 g/mol. The Kier molecular flexibility index (Phi) is 5.55. The van der Waals surface area contributed by atoms with E-state index in [0.717, 1.165) is 32.2 Å². The third kappa shape index (κ3) is 5.00. The summed E-state index contributed by atoms with van der Waals surface area (Å²) in [6, 6.07) is 0. The van der Waals surface area contributed by atoms with E-state index in [9.17, 15) is 14.4 Å². The van der Waals surface area contributed by atoms with Crippen LogP contribution < -0.4 is 5.32 Å². The van der Waals surface area contributed by atoms with Crippen LogP contribution in [-0.4, -0.2) is 60.6 Å². The fourth-order valence-electron chi connectivity index (χ4n) is 2.53. The summed E-state index contributed by atoms with van der Waals surface area (Å²) in [5, 5.41) is 11.1. The van der Waals surface area contributed by atoms with Crippen LogP contribution in [0.25, 0.3) is 0 Å². The highest BCUT2D eigenvalue weighted by atomic mass is 16.5. The summed E-state index contributed by atoms with van der Waals surface area (Å²) in [5.41, 5.74) is 0. The number of aliphatic carboxylic acids is 1. The highest BCUT2D eigenvalue weighted by Gasteiger charge is 2.36. The van der Waals surface area contributed by atoms with Crippen molar-refractivity contribution < 1.29 is 24.2 Å². The molecule has 2 aliphatic rings. The van der Waals surface area contributed by atoms with Gasteiger partial charge < -0.3 is 20.1 Å². The van der Waals surface area contributed by atoms with Gasteiger partial charge in [-0.15, -0.1) is 0 Å². The Bertz CT molecular complexity index is 408. The van der Waals surface area contributed by atoms with Gasteiger partial charge in [0.15, 0.2) is 0 Å². The molecule has 2 amide bonds. The fraction of sp³-hybridized carbons (Fsp3) is 0.786. The molecule has 21 heavy (non-hydrogen) atoms. The normalized spacial score (nSPS) is 21.9. The van der Waals surface area contributed by atoms with E-state index in [1.165, 1.54) is 0 Å². The van der Waals surface area contributed by atoms with Gasteiger partial charge in [0.1, 0.15) is 6.61 Å². The van der Waals surface area contributed by atoms with Crippen molar-refractivity contribution in [3.63, 3.8) is 0 Å². The zero-order chi connectivity index (χ0) is 15.2. The third-order valence-electron chi connectivity index (χ3n) is 3.80. The second-order valence-electron chi connectivity index (χ2n) is 5.64. The highest BCUT2D eigenvalue weighted by molar-refractivity contribution is 5.83. The number of hydrogen-bond acceptors (Lipinski definition) is 4. The van der Waals surface area contributed by atoms with Crippen molar-refractivity contribution in [2.24, 2.45) is 11.8 Å². The number of nitrogens with zero attached hydrogens (tertiary/aromatic N) is 1. The van der Waals surface area contributed by atoms with Crippen LogP contribution in [0.1, 0.15) is 25.7 Å². The molecule has 1 saturated heterocycles. The predicted octanol–water partition coefficient (Wildman–Crippen LogP) is -0.148. The minimum atomic E-state index is -1.03. The van der Waals surface area contributed by atoms with Crippen molar-refractivity contribution in [3.8, 4) is 0 Å². The summed E-state index contributed by atoms with van der Waals surface area (Å²) in [5.74, 6) is -0.889. The number of likely N-dealkylation sites (tertiary alicyclic amines) is 1. The fourth-order valence-corrected chi connectivity index (χ4v) is 2.53. The molecule has 0 aromatic carbocycles. The van der Waals surface area contributed by atoms with E-state index in [-0.39, 0.29) is 36.9 Å². The van der Waals surface area contributed by atoms with E-state index in [1.807, 2.05) is 4.90 Å². The Morgan fingerprint density at radius 1 is 1.19 bits per heavy atom. The van der Waals surface area contributed by atoms with Gasteiger partial charge in [0.2, 0.25) is 11.8 Å². The van der Waals surface area contributed by atoms with Crippen molar-refractivity contribution >= 4 is 17.8 Å². The Morgan fingerprint density at radius 3 is 2.62 bits per heavy atom. The molecule has 1 saturated carbocycles. The number of nitrogens with one attached hydrogen (secondary N) is 1. The van der Waals surface area contributed by atoms with E-state index in [1.54, 1.807) is 0 Å². The molecule has 1 heterocycles. The molecule has 0 radical (unpaired) electrons. The van der Waals surface area contributed by atoms with E-state index >= 15 is 0 Å². The van der Waals surface area contributed by atoms with Crippen molar-refractivity contribution in [3.05, 3.63) is 0 Å². The maximum Gasteiger partial charge on any atom is 0.329 e. The first-order chi connectivity index (χ1) is 10.1. The van der Waals surface area contributed by atoms with Crippen LogP contribution >= 0.6 is 0 Å². The second-order valence-corrected chi connectivity index (χ2v) is 5.64. The summed E-state index contributed by atoms with van der Waals surface area (Å²) >= 11 is 0. The summed E-state index contributed by atoms with van der Waals surface area (Å²) in [7, 11) is 0. The molecular formula is C14H22N2O5. The molecule has 7 heteroatoms. The lowest BCUT2D eigenvalue weighted by Gasteiger charge is -2.32. The summed E-state index contributed by atoms with van der Waals surface area (Å²) in [6.07, 6.45) is 3.60. The Hall–Kier alpha value is -1.63. The summed E-state index contributed by atoms with van der Waals surface area (Å²) in [4.78, 5) is 36.1. The Labute approximate surface area is 123 Å². The van der Waals surface area contributed by atoms with Gasteiger partial charge in [-0.25, -0.2) is 4.79 Å². The number of hydrogen-bond donors (Lipinski definition) is 2. The van der Waals surface area contributed by atoms with E-state index in [0.29, 0.717) is 13.1 Å². The molecule has 0 aromatic heterocycles. The van der Waals surface area contributed by atoms with E-state index in [4.69, 9.17) is 9.84 Å². The molecule has 2 fully saturated rings. The number of carboxylic acids is 1. The number of carboxylic acid groups (broad SMARTS) is 1. The molecule has 0 bridgehead atoms. The first-order valence-electron chi connectivity index (χ1n) is 7.44. The zero-order valence-electron chi connectivity index (χ0n) is 12.0. The molecule has 7 nitrogen and oxygen atoms in total. The van der Waals surface area contributed by atoms with Gasteiger partial charge >= 0.3 is 5.97 Å². The Balaban J connectivity index is 1.66. The van der Waals surface area contributed by atoms with Crippen LogP contribution in [0.3, 0.4) is 0 Å². The summed E-state index contributed by atoms with van der Waals surface area (Å²) < 4.78 is 4.85. The van der Waals surface area contributed by atoms with Gasteiger partial charge in [-0.2, -0.15) is 0 Å². The standard InChI is InChI=1S/C14H22N2O5/c17-12(18)9-21-7-5-15-13(19)11-2-1-6-16(8-11)14(20)10-3-4-10/h10-11H,1-9H2,(H,15,19)(H,17,18). The predicted molar refractivity (Wildman–Crippen MR) is 73.5 cm³/mol. The minimum Gasteiger partial charge on any atom is -0.480 e. The molecule has 1 aliphatic heterocycles. The quantitative estimate of drug-likeness (QED) is 0.637. The first kappa shape index (κ1) is 15.8. The number of carbonyl (C=O) groups is 3. The molecule has 1 atom stereocenters. The van der Waals surface area contributed by atoms with Gasteiger partial charge in [-0.05, 0) is 25.7 Å². The third-order valence-corrected chi connectivity index (χ3v) is 3.80. The second kappa shape index (κ2) is 7.40. The Morgan fingerprint density at radius 2 is 1.95 bits per heavy atom. The smallest absolute Gasteiger partial charge is 0.329 e. The van der Waals surface area contributed by atoms with Crippen LogP contribution in [0.5, 0.6) is 0 Å². The monoisotopic (exact) mass is 298 g/mol. The van der Waals surface area contributed by atoms with Crippen LogP contribution in [0, 0.1) is 11.8 Å². The number of piperidine rings is 1. The molecule has 1 unspecified atom stereocenters. The van der Waals surface area contributed by atoms with E-state index in [2.05, 4.69) is 5.32 Å². The van der Waals surface area contributed by atoms with E-state index < -0.39 is 5.97 Å². The van der Waals surface area contributed by atoms with Crippen LogP contribution in [0.2, 0.25) is 0 Å². The van der Waals surface area contributed by atoms with Crippen molar-refractivity contribution in [1.82, 2.24) is 10.2 Å². The number of ether oxygens (including phenoxy) is 1. The summed E-state index contributed by atoms with van der Waals surface area (Å²) in [6.45, 7) is 1.36.